The maximum Gasteiger partial charge on any atom is 0.387 e. The van der Waals surface area contributed by atoms with Crippen LogP contribution in [0.4, 0.5) is 8.78 Å². The molecule has 0 saturated heterocycles. The van der Waals surface area contributed by atoms with Crippen molar-refractivity contribution in [1.29, 1.82) is 0 Å². The molecule has 1 aromatic rings. The first-order chi connectivity index (χ1) is 12.4. The number of benzene rings is 1. The van der Waals surface area contributed by atoms with Crippen LogP contribution < -0.4 is 14.8 Å². The first-order valence-electron chi connectivity index (χ1n) is 8.96. The highest BCUT2D eigenvalue weighted by molar-refractivity contribution is 5.94. The number of amides is 1. The summed E-state index contributed by atoms with van der Waals surface area (Å²) < 4.78 is 34.3. The van der Waals surface area contributed by atoms with E-state index in [-0.39, 0.29) is 22.9 Å². The van der Waals surface area contributed by atoms with Gasteiger partial charge in [0.25, 0.3) is 5.91 Å². The number of ether oxygens (including phenoxy) is 2. The second-order valence-corrected chi connectivity index (χ2v) is 6.96. The Hall–Kier alpha value is -1.89. The van der Waals surface area contributed by atoms with E-state index in [1.54, 1.807) is 0 Å². The van der Waals surface area contributed by atoms with Gasteiger partial charge in [-0.15, -0.1) is 0 Å². The van der Waals surface area contributed by atoms with E-state index in [9.17, 15) is 13.6 Å². The van der Waals surface area contributed by atoms with Crippen molar-refractivity contribution in [3.8, 4) is 11.5 Å². The zero-order valence-corrected chi connectivity index (χ0v) is 15.7. The molecule has 1 aliphatic rings. The van der Waals surface area contributed by atoms with Crippen molar-refractivity contribution in [2.24, 2.45) is 0 Å². The minimum absolute atomic E-state index is 0.0467. The number of carbonyl (C=O) groups excluding carboxylic acids is 1. The van der Waals surface area contributed by atoms with Gasteiger partial charge >= 0.3 is 6.61 Å². The fraction of sp³-hybridized carbons (Fsp3) is 0.632. The number of carbonyl (C=O) groups is 1. The molecule has 1 saturated carbocycles. The third-order valence-corrected chi connectivity index (χ3v) is 5.20. The lowest BCUT2D eigenvalue weighted by Gasteiger charge is -2.39. The van der Waals surface area contributed by atoms with Crippen molar-refractivity contribution >= 4 is 5.91 Å². The average Bonchev–Trinajstić information content (AvgIpc) is 2.86. The van der Waals surface area contributed by atoms with Gasteiger partial charge in [-0.05, 0) is 45.1 Å². The summed E-state index contributed by atoms with van der Waals surface area (Å²) in [5.41, 5.74) is 0.306. The molecule has 1 aromatic carbocycles. The van der Waals surface area contributed by atoms with E-state index in [0.29, 0.717) is 12.1 Å². The first-order valence-corrected chi connectivity index (χ1v) is 8.96. The van der Waals surface area contributed by atoms with Crippen LogP contribution in [0.3, 0.4) is 0 Å². The number of rotatable bonds is 7. The minimum atomic E-state index is -2.95. The lowest BCUT2D eigenvalue weighted by atomic mass is 9.88. The Morgan fingerprint density at radius 3 is 2.38 bits per heavy atom. The molecule has 26 heavy (non-hydrogen) atoms. The lowest BCUT2D eigenvalue weighted by molar-refractivity contribution is -0.0512. The van der Waals surface area contributed by atoms with E-state index in [4.69, 9.17) is 4.74 Å². The van der Waals surface area contributed by atoms with Gasteiger partial charge in [0.1, 0.15) is 0 Å². The standard InChI is InChI=1S/C19H28F2N2O3/c1-23(2)19(10-6-4-5-7-11-19)13-22-17(24)14-8-9-15(26-18(20)21)16(12-14)25-3/h8-9,12,18H,4-7,10-11,13H2,1-3H3,(H,22,24). The third-order valence-electron chi connectivity index (χ3n) is 5.20. The average molecular weight is 370 g/mol. The van der Waals surface area contributed by atoms with Gasteiger partial charge in [-0.3, -0.25) is 4.79 Å². The predicted molar refractivity (Wildman–Crippen MR) is 96.1 cm³/mol. The molecule has 0 atom stereocenters. The van der Waals surface area contributed by atoms with Crippen LogP contribution in [-0.4, -0.2) is 50.7 Å². The zero-order valence-electron chi connectivity index (χ0n) is 15.7. The quantitative estimate of drug-likeness (QED) is 0.744. The van der Waals surface area contributed by atoms with Crippen molar-refractivity contribution < 1.29 is 23.0 Å². The summed E-state index contributed by atoms with van der Waals surface area (Å²) in [6.07, 6.45) is 6.86. The molecule has 1 aliphatic carbocycles. The number of methoxy groups -OCH3 is 1. The summed E-state index contributed by atoms with van der Waals surface area (Å²) >= 11 is 0. The topological polar surface area (TPSA) is 50.8 Å². The molecule has 0 aliphatic heterocycles. The van der Waals surface area contributed by atoms with Crippen molar-refractivity contribution in [1.82, 2.24) is 10.2 Å². The zero-order chi connectivity index (χ0) is 19.2. The molecule has 0 radical (unpaired) electrons. The Morgan fingerprint density at radius 2 is 1.85 bits per heavy atom. The summed E-state index contributed by atoms with van der Waals surface area (Å²) in [5, 5.41) is 3.01. The summed E-state index contributed by atoms with van der Waals surface area (Å²) in [6.45, 7) is -2.39. The third kappa shape index (κ3) is 5.06. The molecule has 1 fully saturated rings. The second-order valence-electron chi connectivity index (χ2n) is 6.96. The molecule has 0 unspecified atom stereocenters. The molecule has 0 spiro atoms. The van der Waals surface area contributed by atoms with Crippen LogP contribution in [0.5, 0.6) is 11.5 Å². The molecule has 1 N–H and O–H groups in total. The van der Waals surface area contributed by atoms with Gasteiger partial charge in [-0.25, -0.2) is 0 Å². The van der Waals surface area contributed by atoms with Gasteiger partial charge in [-0.2, -0.15) is 8.78 Å². The van der Waals surface area contributed by atoms with E-state index in [0.717, 1.165) is 25.7 Å². The van der Waals surface area contributed by atoms with Gasteiger partial charge in [-0.1, -0.05) is 25.7 Å². The molecule has 1 amide bonds. The van der Waals surface area contributed by atoms with Crippen LogP contribution >= 0.6 is 0 Å². The Kier molecular flexibility index (Phi) is 7.20. The monoisotopic (exact) mass is 370 g/mol. The first kappa shape index (κ1) is 20.4. The van der Waals surface area contributed by atoms with Crippen LogP contribution in [0, 0.1) is 0 Å². The van der Waals surface area contributed by atoms with E-state index < -0.39 is 6.61 Å². The van der Waals surface area contributed by atoms with E-state index in [1.807, 2.05) is 0 Å². The van der Waals surface area contributed by atoms with Gasteiger partial charge in [0.2, 0.25) is 0 Å². The lowest BCUT2D eigenvalue weighted by Crippen LogP contribution is -2.52. The molecule has 0 aromatic heterocycles. The summed E-state index contributed by atoms with van der Waals surface area (Å²) in [6, 6.07) is 4.21. The molecule has 146 valence electrons. The molecular weight excluding hydrogens is 342 g/mol. The Labute approximate surface area is 153 Å². The second kappa shape index (κ2) is 9.16. The number of alkyl halides is 2. The Morgan fingerprint density at radius 1 is 1.19 bits per heavy atom. The van der Waals surface area contributed by atoms with Crippen LogP contribution in [-0.2, 0) is 0 Å². The van der Waals surface area contributed by atoms with Gasteiger partial charge < -0.3 is 19.7 Å². The van der Waals surface area contributed by atoms with Crippen LogP contribution in [0.1, 0.15) is 48.9 Å². The normalized spacial score (nSPS) is 17.0. The van der Waals surface area contributed by atoms with E-state index in [2.05, 4.69) is 29.0 Å². The number of hydrogen-bond acceptors (Lipinski definition) is 4. The number of halogens is 2. The fourth-order valence-corrected chi connectivity index (χ4v) is 3.52. The number of nitrogens with one attached hydrogen (secondary N) is 1. The summed E-state index contributed by atoms with van der Waals surface area (Å²) in [4.78, 5) is 14.8. The van der Waals surface area contributed by atoms with E-state index in [1.165, 1.54) is 38.2 Å². The predicted octanol–water partition coefficient (Wildman–Crippen LogP) is 3.68. The molecular formula is C19H28F2N2O3. The maximum absolute atomic E-state index is 12.6. The molecule has 7 heteroatoms. The van der Waals surface area contributed by atoms with Crippen molar-refractivity contribution in [3.05, 3.63) is 23.8 Å². The highest BCUT2D eigenvalue weighted by Gasteiger charge is 2.33. The molecule has 5 nitrogen and oxygen atoms in total. The number of likely N-dealkylation sites (N-methyl/N-ethyl adjacent to an activating group) is 1. The fourth-order valence-electron chi connectivity index (χ4n) is 3.52. The highest BCUT2D eigenvalue weighted by Crippen LogP contribution is 2.31. The SMILES string of the molecule is COc1cc(C(=O)NCC2(N(C)C)CCCCCC2)ccc1OC(F)F. The van der Waals surface area contributed by atoms with Crippen LogP contribution in [0.15, 0.2) is 18.2 Å². The molecule has 2 rings (SSSR count). The van der Waals surface area contributed by atoms with Gasteiger partial charge in [0.15, 0.2) is 11.5 Å². The highest BCUT2D eigenvalue weighted by atomic mass is 19.3. The smallest absolute Gasteiger partial charge is 0.387 e. The van der Waals surface area contributed by atoms with E-state index >= 15 is 0 Å². The Balaban J connectivity index is 2.08. The van der Waals surface area contributed by atoms with Crippen LogP contribution in [0.2, 0.25) is 0 Å². The van der Waals surface area contributed by atoms with Gasteiger partial charge in [0.05, 0.1) is 7.11 Å². The molecule has 0 heterocycles. The van der Waals surface area contributed by atoms with Crippen molar-refractivity contribution in [3.63, 3.8) is 0 Å². The van der Waals surface area contributed by atoms with Gasteiger partial charge in [0, 0.05) is 17.6 Å². The maximum atomic E-state index is 12.6. The number of hydrogen-bond donors (Lipinski definition) is 1. The minimum Gasteiger partial charge on any atom is -0.493 e. The van der Waals surface area contributed by atoms with Crippen molar-refractivity contribution in [2.45, 2.75) is 50.7 Å². The molecule has 0 bridgehead atoms. The summed E-state index contributed by atoms with van der Waals surface area (Å²) in [5.74, 6) is -0.236. The summed E-state index contributed by atoms with van der Waals surface area (Å²) in [7, 11) is 5.45. The number of nitrogens with zero attached hydrogens (tertiary/aromatic N) is 1. The Bertz CT molecular complexity index is 600. The van der Waals surface area contributed by atoms with Crippen molar-refractivity contribution in [2.75, 3.05) is 27.7 Å². The largest absolute Gasteiger partial charge is 0.493 e. The van der Waals surface area contributed by atoms with Crippen LogP contribution in [0.25, 0.3) is 0 Å².